The monoisotopic (exact) mass is 333 g/mol. The third kappa shape index (κ3) is 2.68. The van der Waals surface area contributed by atoms with Gasteiger partial charge in [-0.3, -0.25) is 4.31 Å². The number of hydrogen-bond acceptors (Lipinski definition) is 4. The summed E-state index contributed by atoms with van der Waals surface area (Å²) in [6.07, 6.45) is -0.250. The van der Waals surface area contributed by atoms with E-state index in [0.29, 0.717) is 29.0 Å². The first kappa shape index (κ1) is 15.8. The van der Waals surface area contributed by atoms with Crippen LogP contribution in [0.2, 0.25) is 0 Å². The smallest absolute Gasteiger partial charge is 0.264 e. The molecule has 2 aromatic carbocycles. The maximum atomic E-state index is 13.1. The number of anilines is 1. The summed E-state index contributed by atoms with van der Waals surface area (Å²) in [5.41, 5.74) is 1.82. The molecule has 3 rings (SSSR count). The zero-order valence-corrected chi connectivity index (χ0v) is 13.9. The predicted molar refractivity (Wildman–Crippen MR) is 88.3 cm³/mol. The number of ether oxygens (including phenoxy) is 1. The van der Waals surface area contributed by atoms with E-state index >= 15 is 0 Å². The van der Waals surface area contributed by atoms with Crippen LogP contribution in [-0.4, -0.2) is 27.2 Å². The van der Waals surface area contributed by atoms with Gasteiger partial charge in [0.05, 0.1) is 23.8 Å². The Morgan fingerprint density at radius 1 is 1.22 bits per heavy atom. The van der Waals surface area contributed by atoms with Crippen LogP contribution in [0.3, 0.4) is 0 Å². The molecule has 5 nitrogen and oxygen atoms in total. The molecule has 0 fully saturated rings. The Kier molecular flexibility index (Phi) is 4.04. The van der Waals surface area contributed by atoms with Crippen LogP contribution in [0.1, 0.15) is 23.7 Å². The molecule has 0 aliphatic carbocycles. The van der Waals surface area contributed by atoms with E-state index in [1.54, 1.807) is 56.5 Å². The molecule has 0 amide bonds. The molecule has 0 saturated heterocycles. The molecule has 2 aromatic rings. The van der Waals surface area contributed by atoms with E-state index in [1.165, 1.54) is 4.31 Å². The summed E-state index contributed by atoms with van der Waals surface area (Å²) in [6, 6.07) is 12.0. The lowest BCUT2D eigenvalue weighted by molar-refractivity contribution is 0.166. The average Bonchev–Trinajstić information content (AvgIpc) is 2.54. The second-order valence-corrected chi connectivity index (χ2v) is 7.40. The largest absolute Gasteiger partial charge is 0.497 e. The van der Waals surface area contributed by atoms with Crippen molar-refractivity contribution in [1.29, 1.82) is 0 Å². The van der Waals surface area contributed by atoms with Gasteiger partial charge in [-0.1, -0.05) is 18.2 Å². The number of methoxy groups -OCH3 is 1. The molecule has 23 heavy (non-hydrogen) atoms. The van der Waals surface area contributed by atoms with Crippen molar-refractivity contribution in [3.8, 4) is 5.75 Å². The second-order valence-electron chi connectivity index (χ2n) is 5.57. The Morgan fingerprint density at radius 3 is 2.65 bits per heavy atom. The number of benzene rings is 2. The van der Waals surface area contributed by atoms with E-state index in [0.717, 1.165) is 0 Å². The molecule has 0 aromatic heterocycles. The van der Waals surface area contributed by atoms with Crippen LogP contribution in [0.5, 0.6) is 5.75 Å². The molecule has 1 heterocycles. The molecule has 1 unspecified atom stereocenters. The highest BCUT2D eigenvalue weighted by Crippen LogP contribution is 2.37. The van der Waals surface area contributed by atoms with Crippen molar-refractivity contribution in [2.75, 3.05) is 18.0 Å². The summed E-state index contributed by atoms with van der Waals surface area (Å²) in [5.74, 6) is 0.621. The number of para-hydroxylation sites is 1. The van der Waals surface area contributed by atoms with Crippen LogP contribution in [0.25, 0.3) is 0 Å². The molecular formula is C17H19NO4S. The topological polar surface area (TPSA) is 66.8 Å². The second kappa shape index (κ2) is 5.86. The minimum Gasteiger partial charge on any atom is -0.497 e. The standard InChI is InChI=1S/C17H19NO4S/c1-12-11-13(22-2)7-8-17(12)23(20,21)18-10-9-16(19)14-5-3-4-6-15(14)18/h3-8,11,16,19H,9-10H2,1-2H3. The number of aliphatic hydroxyl groups excluding tert-OH is 1. The zero-order chi connectivity index (χ0) is 16.6. The van der Waals surface area contributed by atoms with Crippen molar-refractivity contribution in [2.24, 2.45) is 0 Å². The number of aryl methyl sites for hydroxylation is 1. The van der Waals surface area contributed by atoms with Gasteiger partial charge in [0.25, 0.3) is 10.0 Å². The Labute approximate surface area is 136 Å². The number of sulfonamides is 1. The van der Waals surface area contributed by atoms with Gasteiger partial charge in [-0.05, 0) is 43.2 Å². The first-order valence-electron chi connectivity index (χ1n) is 7.39. The summed E-state index contributed by atoms with van der Waals surface area (Å²) in [6.45, 7) is 2.01. The molecule has 1 atom stereocenters. The van der Waals surface area contributed by atoms with Gasteiger partial charge >= 0.3 is 0 Å². The number of fused-ring (bicyclic) bond motifs is 1. The maximum absolute atomic E-state index is 13.1. The van der Waals surface area contributed by atoms with Crippen LogP contribution in [0.4, 0.5) is 5.69 Å². The summed E-state index contributed by atoms with van der Waals surface area (Å²) >= 11 is 0. The highest BCUT2D eigenvalue weighted by atomic mass is 32.2. The molecule has 0 bridgehead atoms. The average molecular weight is 333 g/mol. The van der Waals surface area contributed by atoms with E-state index in [-0.39, 0.29) is 11.4 Å². The number of hydrogen-bond donors (Lipinski definition) is 1. The fourth-order valence-corrected chi connectivity index (χ4v) is 4.63. The number of rotatable bonds is 3. The molecule has 0 radical (unpaired) electrons. The highest BCUT2D eigenvalue weighted by Gasteiger charge is 2.33. The van der Waals surface area contributed by atoms with Crippen LogP contribution in [0, 0.1) is 6.92 Å². The van der Waals surface area contributed by atoms with Gasteiger partial charge in [-0.15, -0.1) is 0 Å². The molecular weight excluding hydrogens is 314 g/mol. The lowest BCUT2D eigenvalue weighted by Gasteiger charge is -2.33. The Bertz CT molecular complexity index is 832. The molecule has 0 spiro atoms. The van der Waals surface area contributed by atoms with Crippen molar-refractivity contribution in [1.82, 2.24) is 0 Å². The quantitative estimate of drug-likeness (QED) is 0.938. The van der Waals surface area contributed by atoms with Gasteiger partial charge in [0.2, 0.25) is 0 Å². The van der Waals surface area contributed by atoms with Gasteiger partial charge in [0.1, 0.15) is 5.75 Å². The molecule has 0 saturated carbocycles. The summed E-state index contributed by atoms with van der Waals surface area (Å²) < 4.78 is 32.7. The minimum absolute atomic E-state index is 0.254. The normalized spacial score (nSPS) is 17.7. The Morgan fingerprint density at radius 2 is 1.96 bits per heavy atom. The number of aliphatic hydroxyl groups is 1. The van der Waals surface area contributed by atoms with Gasteiger partial charge in [-0.25, -0.2) is 8.42 Å². The first-order valence-corrected chi connectivity index (χ1v) is 8.83. The van der Waals surface area contributed by atoms with Gasteiger partial charge in [0.15, 0.2) is 0 Å². The van der Waals surface area contributed by atoms with Crippen molar-refractivity contribution in [2.45, 2.75) is 24.3 Å². The predicted octanol–water partition coefficient (Wildman–Crippen LogP) is 2.64. The molecule has 1 aliphatic heterocycles. The van der Waals surface area contributed by atoms with E-state index < -0.39 is 16.1 Å². The van der Waals surface area contributed by atoms with E-state index in [9.17, 15) is 13.5 Å². The zero-order valence-electron chi connectivity index (χ0n) is 13.1. The molecule has 1 aliphatic rings. The molecule has 122 valence electrons. The molecule has 6 heteroatoms. The summed E-state index contributed by atoms with van der Waals surface area (Å²) in [4.78, 5) is 0.254. The Hall–Kier alpha value is -2.05. The summed E-state index contributed by atoms with van der Waals surface area (Å²) in [7, 11) is -2.14. The lowest BCUT2D eigenvalue weighted by atomic mass is 10.0. The van der Waals surface area contributed by atoms with E-state index in [1.807, 2.05) is 0 Å². The van der Waals surface area contributed by atoms with Crippen molar-refractivity contribution in [3.63, 3.8) is 0 Å². The highest BCUT2D eigenvalue weighted by molar-refractivity contribution is 7.92. The van der Waals surface area contributed by atoms with Gasteiger partial charge < -0.3 is 9.84 Å². The third-order valence-corrected chi connectivity index (χ3v) is 6.09. The van der Waals surface area contributed by atoms with Crippen molar-refractivity contribution < 1.29 is 18.3 Å². The fourth-order valence-electron chi connectivity index (χ4n) is 2.92. The van der Waals surface area contributed by atoms with E-state index in [2.05, 4.69) is 0 Å². The Balaban J connectivity index is 2.09. The fraction of sp³-hybridized carbons (Fsp3) is 0.294. The van der Waals surface area contributed by atoms with E-state index in [4.69, 9.17) is 4.74 Å². The number of nitrogens with zero attached hydrogens (tertiary/aromatic N) is 1. The minimum atomic E-state index is -3.69. The maximum Gasteiger partial charge on any atom is 0.264 e. The van der Waals surface area contributed by atoms with Gasteiger partial charge in [-0.2, -0.15) is 0 Å². The van der Waals surface area contributed by atoms with Gasteiger partial charge in [0, 0.05) is 12.1 Å². The lowest BCUT2D eigenvalue weighted by Crippen LogP contribution is -2.37. The third-order valence-electron chi connectivity index (χ3n) is 4.12. The van der Waals surface area contributed by atoms with Crippen LogP contribution in [-0.2, 0) is 10.0 Å². The first-order chi connectivity index (χ1) is 10.9. The summed E-state index contributed by atoms with van der Waals surface area (Å²) in [5, 5.41) is 10.1. The SMILES string of the molecule is COc1ccc(S(=O)(=O)N2CCC(O)c3ccccc32)c(C)c1. The molecule has 1 N–H and O–H groups in total. The van der Waals surface area contributed by atoms with Crippen LogP contribution in [0.15, 0.2) is 47.4 Å². The van der Waals surface area contributed by atoms with Crippen molar-refractivity contribution >= 4 is 15.7 Å². The van der Waals surface area contributed by atoms with Crippen LogP contribution < -0.4 is 9.04 Å². The van der Waals surface area contributed by atoms with Crippen LogP contribution >= 0.6 is 0 Å². The van der Waals surface area contributed by atoms with Crippen molar-refractivity contribution in [3.05, 3.63) is 53.6 Å².